The zero-order valence-corrected chi connectivity index (χ0v) is 8.71. The molecule has 2 rings (SSSR count). The molecule has 0 bridgehead atoms. The lowest BCUT2D eigenvalue weighted by molar-refractivity contribution is -0.0164. The Morgan fingerprint density at radius 1 is 1.31 bits per heavy atom. The van der Waals surface area contributed by atoms with Gasteiger partial charge in [0, 0.05) is 6.04 Å². The summed E-state index contributed by atoms with van der Waals surface area (Å²) in [7, 11) is 0. The van der Waals surface area contributed by atoms with Crippen molar-refractivity contribution in [1.82, 2.24) is 5.32 Å². The van der Waals surface area contributed by atoms with Gasteiger partial charge in [0.2, 0.25) is 0 Å². The molecule has 0 amide bonds. The first-order chi connectivity index (χ1) is 6.10. The molecule has 2 N–H and O–H groups in total. The van der Waals surface area contributed by atoms with Crippen LogP contribution in [0.15, 0.2) is 0 Å². The third-order valence-electron chi connectivity index (χ3n) is 3.78. The summed E-state index contributed by atoms with van der Waals surface area (Å²) in [6.45, 7) is 5.38. The quantitative estimate of drug-likeness (QED) is 0.680. The third kappa shape index (κ3) is 1.89. The van der Waals surface area contributed by atoms with E-state index in [9.17, 15) is 5.11 Å². The van der Waals surface area contributed by atoms with E-state index in [2.05, 4.69) is 12.2 Å². The standard InChI is InChI=1S/C11H21NO/c1-8-5-6-12-10(7-8)11(2,13)9-3-4-9/h8-10,12-13H,3-7H2,1-2H3. The Morgan fingerprint density at radius 3 is 2.54 bits per heavy atom. The van der Waals surface area contributed by atoms with E-state index in [0.717, 1.165) is 18.9 Å². The fraction of sp³-hybridized carbons (Fsp3) is 1.00. The van der Waals surface area contributed by atoms with Crippen LogP contribution in [-0.2, 0) is 0 Å². The molecule has 0 spiro atoms. The lowest BCUT2D eigenvalue weighted by atomic mass is 9.82. The molecule has 1 aliphatic carbocycles. The van der Waals surface area contributed by atoms with Crippen LogP contribution in [0.5, 0.6) is 0 Å². The Kier molecular flexibility index (Phi) is 2.37. The molecule has 2 nitrogen and oxygen atoms in total. The van der Waals surface area contributed by atoms with Crippen LogP contribution < -0.4 is 5.32 Å². The average Bonchev–Trinajstić information content (AvgIpc) is 2.86. The maximum absolute atomic E-state index is 10.3. The highest BCUT2D eigenvalue weighted by atomic mass is 16.3. The Balaban J connectivity index is 1.97. The second-order valence-corrected chi connectivity index (χ2v) is 5.14. The Bertz CT molecular complexity index is 187. The van der Waals surface area contributed by atoms with Gasteiger partial charge in [0.1, 0.15) is 0 Å². The number of nitrogens with one attached hydrogen (secondary N) is 1. The molecule has 3 atom stereocenters. The molecule has 1 saturated heterocycles. The molecule has 0 radical (unpaired) electrons. The van der Waals surface area contributed by atoms with E-state index >= 15 is 0 Å². The van der Waals surface area contributed by atoms with E-state index in [1.807, 2.05) is 6.92 Å². The molecule has 0 aromatic carbocycles. The van der Waals surface area contributed by atoms with Crippen LogP contribution in [0.2, 0.25) is 0 Å². The number of hydrogen-bond acceptors (Lipinski definition) is 2. The third-order valence-corrected chi connectivity index (χ3v) is 3.78. The van der Waals surface area contributed by atoms with E-state index in [1.165, 1.54) is 19.3 Å². The van der Waals surface area contributed by atoms with Gasteiger partial charge in [-0.05, 0) is 51.0 Å². The lowest BCUT2D eigenvalue weighted by Crippen LogP contribution is -2.53. The highest BCUT2D eigenvalue weighted by Crippen LogP contribution is 2.43. The van der Waals surface area contributed by atoms with Gasteiger partial charge in [-0.2, -0.15) is 0 Å². The average molecular weight is 183 g/mol. The summed E-state index contributed by atoms with van der Waals surface area (Å²) in [6.07, 6.45) is 4.85. The van der Waals surface area contributed by atoms with Crippen molar-refractivity contribution in [2.75, 3.05) is 6.54 Å². The molecular formula is C11H21NO. The van der Waals surface area contributed by atoms with Crippen molar-refractivity contribution < 1.29 is 5.11 Å². The largest absolute Gasteiger partial charge is 0.388 e. The number of piperidine rings is 1. The van der Waals surface area contributed by atoms with Crippen LogP contribution >= 0.6 is 0 Å². The molecule has 2 fully saturated rings. The van der Waals surface area contributed by atoms with Crippen molar-refractivity contribution in [3.63, 3.8) is 0 Å². The van der Waals surface area contributed by atoms with Crippen LogP contribution in [0.3, 0.4) is 0 Å². The second-order valence-electron chi connectivity index (χ2n) is 5.14. The monoisotopic (exact) mass is 183 g/mol. The van der Waals surface area contributed by atoms with Crippen LogP contribution in [-0.4, -0.2) is 23.3 Å². The predicted molar refractivity (Wildman–Crippen MR) is 53.5 cm³/mol. The van der Waals surface area contributed by atoms with Gasteiger partial charge < -0.3 is 10.4 Å². The smallest absolute Gasteiger partial charge is 0.0800 e. The molecule has 2 heteroatoms. The molecule has 0 aromatic heterocycles. The molecule has 1 heterocycles. The number of aliphatic hydroxyl groups is 1. The van der Waals surface area contributed by atoms with Gasteiger partial charge in [0.25, 0.3) is 0 Å². The highest BCUT2D eigenvalue weighted by Gasteiger charge is 2.46. The topological polar surface area (TPSA) is 32.3 Å². The van der Waals surface area contributed by atoms with Crippen molar-refractivity contribution >= 4 is 0 Å². The lowest BCUT2D eigenvalue weighted by Gasteiger charge is -2.39. The van der Waals surface area contributed by atoms with Gasteiger partial charge in [-0.25, -0.2) is 0 Å². The molecule has 1 aliphatic heterocycles. The molecule has 0 aromatic rings. The first kappa shape index (κ1) is 9.47. The minimum absolute atomic E-state index is 0.337. The van der Waals surface area contributed by atoms with E-state index in [1.54, 1.807) is 0 Å². The van der Waals surface area contributed by atoms with Crippen LogP contribution in [0.4, 0.5) is 0 Å². The highest BCUT2D eigenvalue weighted by molar-refractivity contribution is 5.00. The second kappa shape index (κ2) is 3.25. The van der Waals surface area contributed by atoms with Crippen molar-refractivity contribution in [3.8, 4) is 0 Å². The van der Waals surface area contributed by atoms with Crippen molar-refractivity contribution in [3.05, 3.63) is 0 Å². The maximum Gasteiger partial charge on any atom is 0.0800 e. The zero-order valence-electron chi connectivity index (χ0n) is 8.71. The molecule has 13 heavy (non-hydrogen) atoms. The predicted octanol–water partition coefficient (Wildman–Crippen LogP) is 1.54. The molecule has 76 valence electrons. The molecular weight excluding hydrogens is 162 g/mol. The minimum atomic E-state index is -0.450. The Hall–Kier alpha value is -0.0800. The summed E-state index contributed by atoms with van der Waals surface area (Å²) in [5, 5.41) is 13.8. The van der Waals surface area contributed by atoms with E-state index < -0.39 is 5.60 Å². The van der Waals surface area contributed by atoms with E-state index in [4.69, 9.17) is 0 Å². The Morgan fingerprint density at radius 2 is 2.00 bits per heavy atom. The minimum Gasteiger partial charge on any atom is -0.388 e. The summed E-state index contributed by atoms with van der Waals surface area (Å²) in [4.78, 5) is 0. The van der Waals surface area contributed by atoms with Gasteiger partial charge in [-0.1, -0.05) is 6.92 Å². The normalized spacial score (nSPS) is 39.9. The summed E-state index contributed by atoms with van der Waals surface area (Å²) < 4.78 is 0. The molecule has 1 saturated carbocycles. The van der Waals surface area contributed by atoms with Crippen molar-refractivity contribution in [2.24, 2.45) is 11.8 Å². The van der Waals surface area contributed by atoms with Crippen LogP contribution in [0, 0.1) is 11.8 Å². The van der Waals surface area contributed by atoms with Gasteiger partial charge in [-0.15, -0.1) is 0 Å². The van der Waals surface area contributed by atoms with Crippen molar-refractivity contribution in [2.45, 2.75) is 51.2 Å². The summed E-state index contributed by atoms with van der Waals surface area (Å²) in [5.74, 6) is 1.34. The molecule has 3 unspecified atom stereocenters. The number of rotatable bonds is 2. The number of hydrogen-bond donors (Lipinski definition) is 2. The van der Waals surface area contributed by atoms with Crippen LogP contribution in [0.25, 0.3) is 0 Å². The van der Waals surface area contributed by atoms with E-state index in [-0.39, 0.29) is 0 Å². The van der Waals surface area contributed by atoms with Gasteiger partial charge in [-0.3, -0.25) is 0 Å². The van der Waals surface area contributed by atoms with Gasteiger partial charge in [0.05, 0.1) is 5.60 Å². The zero-order chi connectivity index (χ0) is 9.47. The van der Waals surface area contributed by atoms with Crippen molar-refractivity contribution in [1.29, 1.82) is 0 Å². The first-order valence-electron chi connectivity index (χ1n) is 5.56. The Labute approximate surface area is 80.7 Å². The fourth-order valence-electron chi connectivity index (χ4n) is 2.51. The van der Waals surface area contributed by atoms with E-state index in [0.29, 0.717) is 12.0 Å². The summed E-state index contributed by atoms with van der Waals surface area (Å²) in [5.41, 5.74) is -0.450. The SMILES string of the molecule is CC1CCNC(C(C)(O)C2CC2)C1. The van der Waals surface area contributed by atoms with Gasteiger partial charge in [0.15, 0.2) is 0 Å². The van der Waals surface area contributed by atoms with Gasteiger partial charge >= 0.3 is 0 Å². The fourth-order valence-corrected chi connectivity index (χ4v) is 2.51. The molecule has 2 aliphatic rings. The maximum atomic E-state index is 10.3. The first-order valence-corrected chi connectivity index (χ1v) is 5.56. The van der Waals surface area contributed by atoms with Crippen LogP contribution in [0.1, 0.15) is 39.5 Å². The summed E-state index contributed by atoms with van der Waals surface area (Å²) in [6, 6.07) is 0.337. The summed E-state index contributed by atoms with van der Waals surface area (Å²) >= 11 is 0.